The van der Waals surface area contributed by atoms with Crippen molar-refractivity contribution in [2.75, 3.05) is 0 Å². The van der Waals surface area contributed by atoms with Crippen molar-refractivity contribution in [1.82, 2.24) is 14.5 Å². The van der Waals surface area contributed by atoms with Crippen LogP contribution in [-0.4, -0.2) is 22.6 Å². The SMILES string of the molecule is CC1(C)c2ccccc2-c2cc3c4ccccc4n(-c4ccccc4-c4nc(-c5ccccc5)nc5c4-c4ccccc4[Si]5(c4ccccc4)c4ccccc4)c3cc21. The van der Waals surface area contributed by atoms with Gasteiger partial charge in [0.2, 0.25) is 8.07 Å². The molecule has 4 heteroatoms. The van der Waals surface area contributed by atoms with Gasteiger partial charge in [-0.15, -0.1) is 0 Å². The zero-order valence-corrected chi connectivity index (χ0v) is 33.9. The second-order valence-corrected chi connectivity index (χ2v) is 20.1. The fourth-order valence-corrected chi connectivity index (χ4v) is 15.5. The van der Waals surface area contributed by atoms with Gasteiger partial charge in [-0.25, -0.2) is 9.97 Å². The average molecular weight is 770 g/mol. The molecule has 0 spiro atoms. The first-order valence-corrected chi connectivity index (χ1v) is 22.5. The predicted octanol–water partition coefficient (Wildman–Crippen LogP) is 10.6. The van der Waals surface area contributed by atoms with Crippen molar-refractivity contribution in [1.29, 1.82) is 0 Å². The van der Waals surface area contributed by atoms with Crippen LogP contribution in [0.4, 0.5) is 0 Å². The minimum Gasteiger partial charge on any atom is -0.309 e. The molecule has 0 N–H and O–H groups in total. The third kappa shape index (κ3) is 4.69. The molecule has 0 saturated heterocycles. The topological polar surface area (TPSA) is 30.7 Å². The molecule has 1 aliphatic carbocycles. The highest BCUT2D eigenvalue weighted by atomic mass is 28.3. The first-order valence-electron chi connectivity index (χ1n) is 20.5. The van der Waals surface area contributed by atoms with E-state index in [0.29, 0.717) is 0 Å². The maximum atomic E-state index is 5.74. The minimum absolute atomic E-state index is 0.133. The number of hydrogen-bond donors (Lipinski definition) is 0. The summed E-state index contributed by atoms with van der Waals surface area (Å²) in [6.45, 7) is 4.74. The summed E-state index contributed by atoms with van der Waals surface area (Å²) in [4.78, 5) is 11.4. The Labute approximate surface area is 345 Å². The molecule has 10 aromatic rings. The standard InChI is InChI=1S/C55H39N3Si/c1-55(2)45-30-16-12-26-39(45)43-34-44-40-27-13-17-31-47(40)58(49(44)35-46(43)55)48-32-18-14-28-41(48)52-51-42-29-15-19-33-50(42)59(37-22-8-4-9-23-37,38-24-10-5-11-25-38)54(51)57-53(56-52)36-20-6-3-7-21-36/h3-35H,1-2H3. The number of nitrogens with zero attached hydrogens (tertiary/aromatic N) is 3. The molecular weight excluding hydrogens is 731 g/mol. The van der Waals surface area contributed by atoms with Gasteiger partial charge in [0, 0.05) is 32.9 Å². The zero-order chi connectivity index (χ0) is 39.3. The molecule has 3 nitrogen and oxygen atoms in total. The number of benzene rings is 8. The van der Waals surface area contributed by atoms with E-state index in [9.17, 15) is 0 Å². The Balaban J connectivity index is 1.21. The normalized spacial score (nSPS) is 14.2. The maximum absolute atomic E-state index is 5.74. The molecular formula is C55H39N3Si. The number of aromatic nitrogens is 3. The van der Waals surface area contributed by atoms with E-state index < -0.39 is 8.07 Å². The first kappa shape index (κ1) is 33.9. The Morgan fingerprint density at radius 1 is 0.458 bits per heavy atom. The summed E-state index contributed by atoms with van der Waals surface area (Å²) in [7, 11) is -2.94. The molecule has 278 valence electrons. The summed E-state index contributed by atoms with van der Waals surface area (Å²) in [5, 5.41) is 7.60. The molecule has 0 saturated carbocycles. The number of fused-ring (bicyclic) bond motifs is 9. The smallest absolute Gasteiger partial charge is 0.203 e. The number of hydrogen-bond acceptors (Lipinski definition) is 2. The minimum atomic E-state index is -2.94. The quantitative estimate of drug-likeness (QED) is 0.163. The molecule has 0 radical (unpaired) electrons. The monoisotopic (exact) mass is 769 g/mol. The van der Waals surface area contributed by atoms with E-state index in [4.69, 9.17) is 9.97 Å². The van der Waals surface area contributed by atoms with Crippen molar-refractivity contribution in [3.05, 3.63) is 211 Å². The van der Waals surface area contributed by atoms with Gasteiger partial charge in [-0.05, 0) is 67.6 Å². The lowest BCUT2D eigenvalue weighted by Gasteiger charge is -2.30. The Bertz CT molecular complexity index is 3250. The fraction of sp³-hybridized carbons (Fsp3) is 0.0545. The van der Waals surface area contributed by atoms with Crippen LogP contribution in [0, 0.1) is 0 Å². The molecule has 2 aliphatic rings. The van der Waals surface area contributed by atoms with E-state index in [0.717, 1.165) is 39.2 Å². The van der Waals surface area contributed by atoms with Crippen molar-refractivity contribution in [3.63, 3.8) is 0 Å². The second kappa shape index (κ2) is 12.7. The molecule has 8 aromatic carbocycles. The molecule has 12 rings (SSSR count). The number of para-hydroxylation sites is 2. The van der Waals surface area contributed by atoms with Crippen molar-refractivity contribution < 1.29 is 0 Å². The van der Waals surface area contributed by atoms with Crippen LogP contribution in [0.1, 0.15) is 25.0 Å². The summed E-state index contributed by atoms with van der Waals surface area (Å²) >= 11 is 0. The van der Waals surface area contributed by atoms with E-state index in [1.165, 1.54) is 65.2 Å². The highest BCUT2D eigenvalue weighted by molar-refractivity contribution is 7.21. The van der Waals surface area contributed by atoms with E-state index in [1.54, 1.807) is 0 Å². The highest BCUT2D eigenvalue weighted by Gasteiger charge is 2.51. The van der Waals surface area contributed by atoms with Crippen molar-refractivity contribution in [3.8, 4) is 50.6 Å². The lowest BCUT2D eigenvalue weighted by molar-refractivity contribution is 0.661. The molecule has 3 heterocycles. The average Bonchev–Trinajstić information content (AvgIpc) is 3.87. The number of rotatable bonds is 5. The van der Waals surface area contributed by atoms with Crippen LogP contribution in [-0.2, 0) is 5.41 Å². The summed E-state index contributed by atoms with van der Waals surface area (Å²) in [6, 6.07) is 73.4. The Morgan fingerprint density at radius 2 is 1.05 bits per heavy atom. The van der Waals surface area contributed by atoms with Crippen molar-refractivity contribution in [2.45, 2.75) is 19.3 Å². The summed E-state index contributed by atoms with van der Waals surface area (Å²) < 4.78 is 2.50. The third-order valence-electron chi connectivity index (χ3n) is 13.1. The highest BCUT2D eigenvalue weighted by Crippen LogP contribution is 2.51. The van der Waals surface area contributed by atoms with Gasteiger partial charge < -0.3 is 4.57 Å². The third-order valence-corrected chi connectivity index (χ3v) is 17.8. The lowest BCUT2D eigenvalue weighted by Crippen LogP contribution is -2.73. The van der Waals surface area contributed by atoms with Gasteiger partial charge in [0.05, 0.1) is 27.7 Å². The summed E-state index contributed by atoms with van der Waals surface area (Å²) in [5.41, 5.74) is 14.1. The van der Waals surface area contributed by atoms with Crippen LogP contribution in [0.2, 0.25) is 0 Å². The van der Waals surface area contributed by atoms with E-state index in [1.807, 2.05) is 0 Å². The van der Waals surface area contributed by atoms with Crippen LogP contribution in [0.25, 0.3) is 72.4 Å². The molecule has 0 atom stereocenters. The largest absolute Gasteiger partial charge is 0.309 e. The van der Waals surface area contributed by atoms with Gasteiger partial charge in [-0.1, -0.05) is 190 Å². The molecule has 0 amide bonds. The van der Waals surface area contributed by atoms with Crippen molar-refractivity contribution in [2.24, 2.45) is 0 Å². The van der Waals surface area contributed by atoms with Crippen LogP contribution in [0.15, 0.2) is 200 Å². The Hall–Kier alpha value is -7.14. The molecule has 2 aromatic heterocycles. The van der Waals surface area contributed by atoms with Gasteiger partial charge >= 0.3 is 0 Å². The first-order chi connectivity index (χ1) is 29.0. The summed E-state index contributed by atoms with van der Waals surface area (Å²) in [5.74, 6) is 0.741. The van der Waals surface area contributed by atoms with Gasteiger partial charge in [0.1, 0.15) is 0 Å². The molecule has 0 fully saturated rings. The molecule has 0 bridgehead atoms. The van der Waals surface area contributed by atoms with Crippen molar-refractivity contribution >= 4 is 50.8 Å². The van der Waals surface area contributed by atoms with Crippen LogP contribution >= 0.6 is 0 Å². The van der Waals surface area contributed by atoms with Gasteiger partial charge in [0.25, 0.3) is 0 Å². The maximum Gasteiger partial charge on any atom is 0.203 e. The van der Waals surface area contributed by atoms with Gasteiger partial charge in [-0.2, -0.15) is 0 Å². The Kier molecular flexibility index (Phi) is 7.29. The van der Waals surface area contributed by atoms with Crippen LogP contribution < -0.4 is 20.9 Å². The van der Waals surface area contributed by atoms with E-state index in [-0.39, 0.29) is 5.41 Å². The zero-order valence-electron chi connectivity index (χ0n) is 32.9. The Morgan fingerprint density at radius 3 is 1.80 bits per heavy atom. The second-order valence-electron chi connectivity index (χ2n) is 16.5. The van der Waals surface area contributed by atoms with Crippen LogP contribution in [0.3, 0.4) is 0 Å². The molecule has 1 aliphatic heterocycles. The van der Waals surface area contributed by atoms with Gasteiger partial charge in [-0.3, -0.25) is 0 Å². The fourth-order valence-electron chi connectivity index (χ4n) is 10.5. The summed E-state index contributed by atoms with van der Waals surface area (Å²) in [6.07, 6.45) is 0. The molecule has 59 heavy (non-hydrogen) atoms. The predicted molar refractivity (Wildman–Crippen MR) is 247 cm³/mol. The molecule has 0 unspecified atom stereocenters. The van der Waals surface area contributed by atoms with Crippen LogP contribution in [0.5, 0.6) is 0 Å². The van der Waals surface area contributed by atoms with Gasteiger partial charge in [0.15, 0.2) is 5.82 Å². The van der Waals surface area contributed by atoms with E-state index in [2.05, 4.69) is 219 Å². The lowest BCUT2D eigenvalue weighted by atomic mass is 9.82. The van der Waals surface area contributed by atoms with E-state index >= 15 is 0 Å².